The Kier molecular flexibility index (Phi) is 3.64. The molecular weight excluding hydrogens is 244 g/mol. The van der Waals surface area contributed by atoms with Crippen LogP contribution < -0.4 is 5.73 Å². The molecule has 0 saturated carbocycles. The van der Waals surface area contributed by atoms with Crippen molar-refractivity contribution in [1.29, 1.82) is 0 Å². The molecule has 1 aromatic rings. The molecule has 0 aromatic carbocycles. The number of aliphatic hydroxyl groups excluding tert-OH is 1. The molecule has 3 nitrogen and oxygen atoms in total. The Balaban J connectivity index is 2.94. The lowest BCUT2D eigenvalue weighted by Gasteiger charge is -2.29. The zero-order chi connectivity index (χ0) is 10.8. The SMILES string of the molecule is CC(C)(CO)[C@H](N)c1ccnc(Br)c1. The maximum Gasteiger partial charge on any atom is 0.106 e. The molecule has 0 spiro atoms. The van der Waals surface area contributed by atoms with Gasteiger partial charge in [-0.15, -0.1) is 0 Å². The van der Waals surface area contributed by atoms with Crippen molar-refractivity contribution >= 4 is 15.9 Å². The van der Waals surface area contributed by atoms with Gasteiger partial charge >= 0.3 is 0 Å². The zero-order valence-corrected chi connectivity index (χ0v) is 9.95. The summed E-state index contributed by atoms with van der Waals surface area (Å²) >= 11 is 3.29. The highest BCUT2D eigenvalue weighted by Crippen LogP contribution is 2.30. The zero-order valence-electron chi connectivity index (χ0n) is 8.37. The van der Waals surface area contributed by atoms with Gasteiger partial charge in [0.1, 0.15) is 4.60 Å². The van der Waals surface area contributed by atoms with Crippen molar-refractivity contribution in [2.45, 2.75) is 19.9 Å². The van der Waals surface area contributed by atoms with Crippen LogP contribution in [0.1, 0.15) is 25.5 Å². The fourth-order valence-electron chi connectivity index (χ4n) is 1.16. The topological polar surface area (TPSA) is 59.1 Å². The van der Waals surface area contributed by atoms with Crippen LogP contribution in [0, 0.1) is 5.41 Å². The average molecular weight is 259 g/mol. The van der Waals surface area contributed by atoms with Crippen LogP contribution >= 0.6 is 15.9 Å². The van der Waals surface area contributed by atoms with Crippen molar-refractivity contribution in [2.75, 3.05) is 6.61 Å². The summed E-state index contributed by atoms with van der Waals surface area (Å²) in [6.07, 6.45) is 1.70. The van der Waals surface area contributed by atoms with Crippen molar-refractivity contribution in [3.63, 3.8) is 0 Å². The lowest BCUT2D eigenvalue weighted by atomic mass is 9.82. The molecule has 0 aliphatic heterocycles. The van der Waals surface area contributed by atoms with Crippen molar-refractivity contribution in [2.24, 2.45) is 11.1 Å². The van der Waals surface area contributed by atoms with Crippen molar-refractivity contribution in [3.8, 4) is 0 Å². The van der Waals surface area contributed by atoms with Crippen LogP contribution in [0.5, 0.6) is 0 Å². The van der Waals surface area contributed by atoms with Gasteiger partial charge in [0.05, 0.1) is 0 Å². The first kappa shape index (κ1) is 11.6. The maximum absolute atomic E-state index is 9.19. The van der Waals surface area contributed by atoms with E-state index < -0.39 is 0 Å². The monoisotopic (exact) mass is 258 g/mol. The number of aliphatic hydroxyl groups is 1. The Morgan fingerprint density at radius 1 is 1.64 bits per heavy atom. The lowest BCUT2D eigenvalue weighted by molar-refractivity contribution is 0.132. The molecule has 14 heavy (non-hydrogen) atoms. The summed E-state index contributed by atoms with van der Waals surface area (Å²) in [6, 6.07) is 3.56. The lowest BCUT2D eigenvalue weighted by Crippen LogP contribution is -2.32. The highest BCUT2D eigenvalue weighted by atomic mass is 79.9. The number of pyridine rings is 1. The molecule has 0 aliphatic carbocycles. The van der Waals surface area contributed by atoms with Crippen LogP contribution in [-0.2, 0) is 0 Å². The second kappa shape index (κ2) is 4.38. The summed E-state index contributed by atoms with van der Waals surface area (Å²) in [5.74, 6) is 0. The number of nitrogens with zero attached hydrogens (tertiary/aromatic N) is 1. The Hall–Kier alpha value is -0.450. The van der Waals surface area contributed by atoms with E-state index >= 15 is 0 Å². The summed E-state index contributed by atoms with van der Waals surface area (Å²) in [5.41, 5.74) is 6.70. The molecule has 3 N–H and O–H groups in total. The first-order valence-electron chi connectivity index (χ1n) is 4.45. The van der Waals surface area contributed by atoms with Gasteiger partial charge in [0.2, 0.25) is 0 Å². The van der Waals surface area contributed by atoms with Gasteiger partial charge in [0, 0.05) is 24.3 Å². The minimum atomic E-state index is -0.319. The Morgan fingerprint density at radius 2 is 2.29 bits per heavy atom. The third-order valence-electron chi connectivity index (χ3n) is 2.36. The largest absolute Gasteiger partial charge is 0.396 e. The van der Waals surface area contributed by atoms with Crippen LogP contribution in [0.15, 0.2) is 22.9 Å². The summed E-state index contributed by atoms with van der Waals surface area (Å²) in [6.45, 7) is 3.94. The number of rotatable bonds is 3. The molecular formula is C10H15BrN2O. The molecule has 0 amide bonds. The molecule has 0 radical (unpaired) electrons. The van der Waals surface area contributed by atoms with E-state index in [4.69, 9.17) is 5.73 Å². The van der Waals surface area contributed by atoms with E-state index in [9.17, 15) is 5.11 Å². The normalized spacial score (nSPS) is 14.1. The molecule has 1 heterocycles. The van der Waals surface area contributed by atoms with Gasteiger partial charge in [0.15, 0.2) is 0 Å². The molecule has 1 aromatic heterocycles. The van der Waals surface area contributed by atoms with Gasteiger partial charge in [-0.3, -0.25) is 0 Å². The Labute approximate surface area is 92.5 Å². The number of halogens is 1. The minimum absolute atomic E-state index is 0.0636. The van der Waals surface area contributed by atoms with E-state index in [1.165, 1.54) is 0 Å². The van der Waals surface area contributed by atoms with Crippen LogP contribution in [0.3, 0.4) is 0 Å². The van der Waals surface area contributed by atoms with Gasteiger partial charge in [-0.05, 0) is 33.6 Å². The van der Waals surface area contributed by atoms with Crippen molar-refractivity contribution in [1.82, 2.24) is 4.98 Å². The molecule has 4 heteroatoms. The molecule has 0 saturated heterocycles. The smallest absolute Gasteiger partial charge is 0.106 e. The van der Waals surface area contributed by atoms with Gasteiger partial charge in [-0.2, -0.15) is 0 Å². The average Bonchev–Trinajstić information content (AvgIpc) is 2.16. The molecule has 0 aliphatic rings. The second-order valence-corrected chi connectivity index (χ2v) is 4.85. The standard InChI is InChI=1S/C10H15BrN2O/c1-10(2,6-14)9(12)7-3-4-13-8(11)5-7/h3-5,9,14H,6,12H2,1-2H3/t9-/m1/s1. The molecule has 78 valence electrons. The molecule has 1 atom stereocenters. The third-order valence-corrected chi connectivity index (χ3v) is 2.79. The summed E-state index contributed by atoms with van der Waals surface area (Å²) in [7, 11) is 0. The van der Waals surface area contributed by atoms with Gasteiger partial charge in [-0.25, -0.2) is 4.98 Å². The third kappa shape index (κ3) is 2.53. The highest BCUT2D eigenvalue weighted by Gasteiger charge is 2.26. The molecule has 0 bridgehead atoms. The van der Waals surface area contributed by atoms with Crippen molar-refractivity contribution < 1.29 is 5.11 Å². The van der Waals surface area contributed by atoms with E-state index in [-0.39, 0.29) is 18.1 Å². The minimum Gasteiger partial charge on any atom is -0.396 e. The van der Waals surface area contributed by atoms with Crippen LogP contribution in [0.25, 0.3) is 0 Å². The molecule has 0 fully saturated rings. The fourth-order valence-corrected chi connectivity index (χ4v) is 1.54. The van der Waals surface area contributed by atoms with Crippen molar-refractivity contribution in [3.05, 3.63) is 28.5 Å². The van der Waals surface area contributed by atoms with E-state index in [0.717, 1.165) is 10.2 Å². The van der Waals surface area contributed by atoms with E-state index in [1.54, 1.807) is 6.20 Å². The van der Waals surface area contributed by atoms with E-state index in [0.29, 0.717) is 0 Å². The van der Waals surface area contributed by atoms with E-state index in [1.807, 2.05) is 26.0 Å². The number of aromatic nitrogens is 1. The predicted octanol–water partition coefficient (Wildman–Crippen LogP) is 1.86. The molecule has 0 unspecified atom stereocenters. The highest BCUT2D eigenvalue weighted by molar-refractivity contribution is 9.10. The first-order valence-corrected chi connectivity index (χ1v) is 5.24. The van der Waals surface area contributed by atoms with Gasteiger partial charge < -0.3 is 10.8 Å². The first-order chi connectivity index (χ1) is 6.47. The number of hydrogen-bond acceptors (Lipinski definition) is 3. The van der Waals surface area contributed by atoms with Crippen LogP contribution in [-0.4, -0.2) is 16.7 Å². The predicted molar refractivity (Wildman–Crippen MR) is 59.7 cm³/mol. The quantitative estimate of drug-likeness (QED) is 0.814. The fraction of sp³-hybridized carbons (Fsp3) is 0.500. The van der Waals surface area contributed by atoms with Gasteiger partial charge in [-0.1, -0.05) is 13.8 Å². The number of hydrogen-bond donors (Lipinski definition) is 2. The summed E-state index contributed by atoms with van der Waals surface area (Å²) in [4.78, 5) is 4.03. The van der Waals surface area contributed by atoms with Crippen LogP contribution in [0.2, 0.25) is 0 Å². The summed E-state index contributed by atoms with van der Waals surface area (Å²) < 4.78 is 0.763. The Bertz CT molecular complexity index is 315. The van der Waals surface area contributed by atoms with Gasteiger partial charge in [0.25, 0.3) is 0 Å². The maximum atomic E-state index is 9.19. The van der Waals surface area contributed by atoms with Crippen LogP contribution in [0.4, 0.5) is 0 Å². The summed E-state index contributed by atoms with van der Waals surface area (Å²) in [5, 5.41) is 9.19. The Morgan fingerprint density at radius 3 is 2.79 bits per heavy atom. The number of nitrogens with two attached hydrogens (primary N) is 1. The molecule has 1 rings (SSSR count). The second-order valence-electron chi connectivity index (χ2n) is 4.04. The van der Waals surface area contributed by atoms with E-state index in [2.05, 4.69) is 20.9 Å².